The van der Waals surface area contributed by atoms with Crippen molar-refractivity contribution in [3.63, 3.8) is 0 Å². The van der Waals surface area contributed by atoms with Gasteiger partial charge in [-0.05, 0) is 19.4 Å². The number of fused-ring (bicyclic) bond motifs is 1. The van der Waals surface area contributed by atoms with Crippen LogP contribution < -0.4 is 0 Å². The summed E-state index contributed by atoms with van der Waals surface area (Å²) in [4.78, 5) is 25.0. The Morgan fingerprint density at radius 3 is 2.73 bits per heavy atom. The zero-order chi connectivity index (χ0) is 15.1. The lowest BCUT2D eigenvalue weighted by molar-refractivity contribution is -0.141. The van der Waals surface area contributed by atoms with E-state index in [-0.39, 0.29) is 30.6 Å². The van der Waals surface area contributed by atoms with Crippen LogP contribution in [0, 0.1) is 12.8 Å². The van der Waals surface area contributed by atoms with Crippen LogP contribution in [0.4, 0.5) is 0 Å². The van der Waals surface area contributed by atoms with Gasteiger partial charge in [-0.2, -0.15) is 0 Å². The zero-order valence-corrected chi connectivity index (χ0v) is 13.4. The van der Waals surface area contributed by atoms with Crippen LogP contribution in [0.5, 0.6) is 0 Å². The lowest BCUT2D eigenvalue weighted by Gasteiger charge is -2.14. The molecule has 1 aliphatic rings. The molecular formula is C15H15Cl2NO4. The van der Waals surface area contributed by atoms with E-state index >= 15 is 0 Å². The van der Waals surface area contributed by atoms with E-state index in [9.17, 15) is 9.59 Å². The summed E-state index contributed by atoms with van der Waals surface area (Å²) < 4.78 is 5.63. The molecular weight excluding hydrogens is 329 g/mol. The minimum atomic E-state index is -0.866. The van der Waals surface area contributed by atoms with Crippen molar-refractivity contribution in [1.29, 1.82) is 0 Å². The van der Waals surface area contributed by atoms with Crippen LogP contribution in [0.25, 0.3) is 11.0 Å². The first-order chi connectivity index (χ1) is 9.99. The molecule has 0 saturated carbocycles. The highest BCUT2D eigenvalue weighted by Crippen LogP contribution is 2.32. The van der Waals surface area contributed by atoms with Gasteiger partial charge in [0.05, 0.1) is 10.9 Å². The SMILES string of the molecule is Cc1c(C(=O)N2CCC(C(=O)O)C2)oc2c(Cl)cccc12.Cl. The number of nitrogens with zero attached hydrogens (tertiary/aromatic N) is 1. The highest BCUT2D eigenvalue weighted by molar-refractivity contribution is 6.35. The Morgan fingerprint density at radius 1 is 1.41 bits per heavy atom. The summed E-state index contributed by atoms with van der Waals surface area (Å²) in [5.74, 6) is -1.40. The molecule has 1 atom stereocenters. The lowest BCUT2D eigenvalue weighted by atomic mass is 10.1. The van der Waals surface area contributed by atoms with E-state index in [2.05, 4.69) is 0 Å². The molecule has 0 aliphatic carbocycles. The molecule has 0 radical (unpaired) electrons. The Hall–Kier alpha value is -1.72. The van der Waals surface area contributed by atoms with Crippen molar-refractivity contribution < 1.29 is 19.1 Å². The molecule has 1 aromatic carbocycles. The fourth-order valence-electron chi connectivity index (χ4n) is 2.70. The molecule has 1 N–H and O–H groups in total. The van der Waals surface area contributed by atoms with Crippen LogP contribution >= 0.6 is 24.0 Å². The maximum atomic E-state index is 12.5. The minimum absolute atomic E-state index is 0. The van der Waals surface area contributed by atoms with E-state index < -0.39 is 11.9 Å². The summed E-state index contributed by atoms with van der Waals surface area (Å²) in [6, 6.07) is 5.36. The van der Waals surface area contributed by atoms with Gasteiger partial charge in [0.25, 0.3) is 5.91 Å². The highest BCUT2D eigenvalue weighted by atomic mass is 35.5. The number of likely N-dealkylation sites (tertiary alicyclic amines) is 1. The van der Waals surface area contributed by atoms with Gasteiger partial charge in [0.2, 0.25) is 0 Å². The fourth-order valence-corrected chi connectivity index (χ4v) is 2.92. The number of furan rings is 1. The smallest absolute Gasteiger partial charge is 0.308 e. The van der Waals surface area contributed by atoms with E-state index in [0.29, 0.717) is 23.6 Å². The Kier molecular flexibility index (Phi) is 4.68. The monoisotopic (exact) mass is 343 g/mol. The van der Waals surface area contributed by atoms with Crippen LogP contribution in [0.1, 0.15) is 22.5 Å². The molecule has 1 fully saturated rings. The molecule has 0 spiro atoms. The Morgan fingerprint density at radius 2 is 2.14 bits per heavy atom. The number of hydrogen-bond acceptors (Lipinski definition) is 3. The first kappa shape index (κ1) is 16.6. The van der Waals surface area contributed by atoms with Gasteiger partial charge in [0.1, 0.15) is 0 Å². The van der Waals surface area contributed by atoms with Crippen molar-refractivity contribution in [2.75, 3.05) is 13.1 Å². The number of aliphatic carboxylic acids is 1. The maximum absolute atomic E-state index is 12.5. The Labute approximate surface area is 138 Å². The number of hydrogen-bond donors (Lipinski definition) is 1. The van der Waals surface area contributed by atoms with Crippen molar-refractivity contribution in [1.82, 2.24) is 4.90 Å². The normalized spacial score (nSPS) is 17.5. The minimum Gasteiger partial charge on any atom is -0.481 e. The fraction of sp³-hybridized carbons (Fsp3) is 0.333. The second-order valence-corrected chi connectivity index (χ2v) is 5.65. The molecule has 1 unspecified atom stereocenters. The number of carboxylic acids is 1. The van der Waals surface area contributed by atoms with Crippen molar-refractivity contribution in [3.05, 3.63) is 34.5 Å². The van der Waals surface area contributed by atoms with Crippen molar-refractivity contribution >= 4 is 46.9 Å². The number of carbonyl (C=O) groups is 2. The predicted octanol–water partition coefficient (Wildman–Crippen LogP) is 3.36. The van der Waals surface area contributed by atoms with Crippen LogP contribution in [-0.4, -0.2) is 35.0 Å². The summed E-state index contributed by atoms with van der Waals surface area (Å²) in [5, 5.41) is 10.3. The number of aryl methyl sites for hydroxylation is 1. The zero-order valence-electron chi connectivity index (χ0n) is 11.8. The largest absolute Gasteiger partial charge is 0.481 e. The first-order valence-electron chi connectivity index (χ1n) is 6.68. The third kappa shape index (κ3) is 2.66. The van der Waals surface area contributed by atoms with Gasteiger partial charge in [0.15, 0.2) is 11.3 Å². The second-order valence-electron chi connectivity index (χ2n) is 5.25. The molecule has 0 bridgehead atoms. The average Bonchev–Trinajstić information content (AvgIpc) is 3.05. The van der Waals surface area contributed by atoms with Crippen molar-refractivity contribution in [2.45, 2.75) is 13.3 Å². The van der Waals surface area contributed by atoms with Gasteiger partial charge >= 0.3 is 5.97 Å². The van der Waals surface area contributed by atoms with Crippen LogP contribution in [-0.2, 0) is 4.79 Å². The third-order valence-corrected chi connectivity index (χ3v) is 4.23. The second kappa shape index (κ2) is 6.18. The number of rotatable bonds is 2. The molecule has 1 saturated heterocycles. The van der Waals surface area contributed by atoms with E-state index in [4.69, 9.17) is 21.1 Å². The van der Waals surface area contributed by atoms with Gasteiger partial charge in [-0.3, -0.25) is 9.59 Å². The number of carbonyl (C=O) groups excluding carboxylic acids is 1. The molecule has 7 heteroatoms. The maximum Gasteiger partial charge on any atom is 0.308 e. The van der Waals surface area contributed by atoms with Crippen LogP contribution in [0.3, 0.4) is 0 Å². The van der Waals surface area contributed by atoms with Crippen LogP contribution in [0.15, 0.2) is 22.6 Å². The first-order valence-corrected chi connectivity index (χ1v) is 7.06. The molecule has 5 nitrogen and oxygen atoms in total. The van der Waals surface area contributed by atoms with Gasteiger partial charge in [-0.25, -0.2) is 0 Å². The van der Waals surface area contributed by atoms with Gasteiger partial charge in [-0.15, -0.1) is 12.4 Å². The van der Waals surface area contributed by atoms with E-state index in [1.165, 1.54) is 4.90 Å². The summed E-state index contributed by atoms with van der Waals surface area (Å²) in [7, 11) is 0. The molecule has 1 aromatic heterocycles. The number of amides is 1. The van der Waals surface area contributed by atoms with E-state index in [1.807, 2.05) is 6.07 Å². The standard InChI is InChI=1S/C15H14ClNO4.ClH/c1-8-10-3-2-4-11(16)13(10)21-12(8)14(18)17-6-5-9(7-17)15(19)20;/h2-4,9H,5-7H2,1H3,(H,19,20);1H. The number of halogens is 2. The summed E-state index contributed by atoms with van der Waals surface area (Å²) in [6.45, 7) is 2.46. The predicted molar refractivity (Wildman–Crippen MR) is 84.9 cm³/mol. The van der Waals surface area contributed by atoms with Gasteiger partial charge < -0.3 is 14.4 Å². The Balaban J connectivity index is 0.00000176. The summed E-state index contributed by atoms with van der Waals surface area (Å²) >= 11 is 6.08. The summed E-state index contributed by atoms with van der Waals surface area (Å²) in [6.07, 6.45) is 0.473. The molecule has 22 heavy (non-hydrogen) atoms. The van der Waals surface area contributed by atoms with Crippen molar-refractivity contribution in [3.8, 4) is 0 Å². The van der Waals surface area contributed by atoms with Gasteiger partial charge in [0, 0.05) is 24.0 Å². The number of benzene rings is 1. The topological polar surface area (TPSA) is 70.8 Å². The molecule has 1 aliphatic heterocycles. The average molecular weight is 344 g/mol. The Bertz CT molecular complexity index is 740. The summed E-state index contributed by atoms with van der Waals surface area (Å²) in [5.41, 5.74) is 1.23. The van der Waals surface area contributed by atoms with Crippen molar-refractivity contribution in [2.24, 2.45) is 5.92 Å². The van der Waals surface area contributed by atoms with Crippen LogP contribution in [0.2, 0.25) is 5.02 Å². The lowest BCUT2D eigenvalue weighted by Crippen LogP contribution is -2.30. The van der Waals surface area contributed by atoms with E-state index in [0.717, 1.165) is 10.9 Å². The number of para-hydroxylation sites is 1. The number of carboxylic acid groups (broad SMARTS) is 1. The van der Waals surface area contributed by atoms with Gasteiger partial charge in [-0.1, -0.05) is 23.7 Å². The quantitative estimate of drug-likeness (QED) is 0.907. The molecule has 118 valence electrons. The molecule has 1 amide bonds. The molecule has 2 aromatic rings. The molecule has 3 rings (SSSR count). The van der Waals surface area contributed by atoms with E-state index in [1.54, 1.807) is 19.1 Å². The highest BCUT2D eigenvalue weighted by Gasteiger charge is 2.33. The molecule has 2 heterocycles. The third-order valence-electron chi connectivity index (χ3n) is 3.93.